The van der Waals surface area contributed by atoms with E-state index in [1.165, 1.54) is 135 Å². The number of carbonyl (C=O) groups is 3. The third-order valence-corrected chi connectivity index (χ3v) is 11.8. The number of carbonyl (C=O) groups excluding carboxylic acids is 3. The minimum absolute atomic E-state index is 0.0926. The molecule has 0 heterocycles. The Labute approximate surface area is 407 Å². The summed E-state index contributed by atoms with van der Waals surface area (Å²) in [7, 11) is 0. The predicted octanol–water partition coefficient (Wildman–Crippen LogP) is 18.4. The van der Waals surface area contributed by atoms with Gasteiger partial charge in [0.2, 0.25) is 0 Å². The smallest absolute Gasteiger partial charge is 0.306 e. The molecule has 1 atom stereocenters. The van der Waals surface area contributed by atoms with Crippen LogP contribution in [0.2, 0.25) is 0 Å². The van der Waals surface area contributed by atoms with Crippen molar-refractivity contribution in [2.24, 2.45) is 0 Å². The highest BCUT2D eigenvalue weighted by atomic mass is 16.6. The Hall–Kier alpha value is -3.41. The average molecular weight is 919 g/mol. The van der Waals surface area contributed by atoms with Crippen LogP contribution in [0, 0.1) is 0 Å². The lowest BCUT2D eigenvalue weighted by Crippen LogP contribution is -2.30. The maximum atomic E-state index is 12.8. The molecule has 6 heteroatoms. The lowest BCUT2D eigenvalue weighted by atomic mass is 10.0. The Bertz CT molecular complexity index is 1290. The quantitative estimate of drug-likeness (QED) is 0.0199. The van der Waals surface area contributed by atoms with Crippen molar-refractivity contribution in [3.8, 4) is 0 Å². The number of esters is 3. The second-order valence-corrected chi connectivity index (χ2v) is 18.3. The van der Waals surface area contributed by atoms with Crippen molar-refractivity contribution < 1.29 is 28.6 Å². The summed E-state index contributed by atoms with van der Waals surface area (Å²) in [6.45, 7) is 6.46. The SMILES string of the molecule is CC\C=C/C=C\C=C/C=C\C=C\C=C/CCCCCC(=O)OCC(COC(=O)CCCCCCCCCCCCCCCCC)OC(=O)CCCCCCC/C=C\CCCCCCCCC. The lowest BCUT2D eigenvalue weighted by molar-refractivity contribution is -0.167. The molecule has 1 unspecified atom stereocenters. The van der Waals surface area contributed by atoms with Crippen molar-refractivity contribution in [3.05, 3.63) is 85.1 Å². The van der Waals surface area contributed by atoms with E-state index >= 15 is 0 Å². The fourth-order valence-electron chi connectivity index (χ4n) is 7.65. The maximum absolute atomic E-state index is 12.8. The first-order valence-corrected chi connectivity index (χ1v) is 27.7. The van der Waals surface area contributed by atoms with E-state index in [0.29, 0.717) is 19.3 Å². The predicted molar refractivity (Wildman–Crippen MR) is 284 cm³/mol. The van der Waals surface area contributed by atoms with Crippen LogP contribution < -0.4 is 0 Å². The molecule has 0 aromatic rings. The van der Waals surface area contributed by atoms with Gasteiger partial charge in [0.25, 0.3) is 0 Å². The summed E-state index contributed by atoms with van der Waals surface area (Å²) in [5, 5.41) is 0. The Morgan fingerprint density at radius 3 is 0.985 bits per heavy atom. The van der Waals surface area contributed by atoms with Gasteiger partial charge in [-0.25, -0.2) is 0 Å². The molecule has 0 spiro atoms. The molecule has 0 saturated carbocycles. The van der Waals surface area contributed by atoms with Crippen LogP contribution in [0.1, 0.15) is 258 Å². The molecule has 0 aliphatic carbocycles. The lowest BCUT2D eigenvalue weighted by Gasteiger charge is -2.18. The molecule has 0 aromatic carbocycles. The molecular weight excluding hydrogens is 817 g/mol. The second-order valence-electron chi connectivity index (χ2n) is 18.3. The summed E-state index contributed by atoms with van der Waals surface area (Å²) < 4.78 is 16.8. The van der Waals surface area contributed by atoms with E-state index < -0.39 is 6.10 Å². The zero-order valence-corrected chi connectivity index (χ0v) is 43.2. The van der Waals surface area contributed by atoms with E-state index in [4.69, 9.17) is 14.2 Å². The Morgan fingerprint density at radius 1 is 0.318 bits per heavy atom. The van der Waals surface area contributed by atoms with Crippen molar-refractivity contribution in [2.45, 2.75) is 264 Å². The first kappa shape index (κ1) is 62.6. The molecule has 0 bridgehead atoms. The number of allylic oxidation sites excluding steroid dienone is 14. The molecule has 6 nitrogen and oxygen atoms in total. The van der Waals surface area contributed by atoms with Gasteiger partial charge in [0.15, 0.2) is 6.10 Å². The van der Waals surface area contributed by atoms with Gasteiger partial charge in [-0.2, -0.15) is 0 Å². The van der Waals surface area contributed by atoms with Gasteiger partial charge < -0.3 is 14.2 Å². The maximum Gasteiger partial charge on any atom is 0.306 e. The molecule has 0 aliphatic rings. The third-order valence-electron chi connectivity index (χ3n) is 11.8. The number of unbranched alkanes of at least 4 members (excludes halogenated alkanes) is 29. The molecular formula is C60H102O6. The summed E-state index contributed by atoms with van der Waals surface area (Å²) >= 11 is 0. The van der Waals surface area contributed by atoms with Crippen LogP contribution in [0.15, 0.2) is 85.1 Å². The van der Waals surface area contributed by atoms with Crippen molar-refractivity contribution >= 4 is 17.9 Å². The molecule has 0 saturated heterocycles. The summed E-state index contributed by atoms with van der Waals surface area (Å²) in [6, 6.07) is 0. The van der Waals surface area contributed by atoms with E-state index in [2.05, 4.69) is 45.1 Å². The minimum atomic E-state index is -0.798. The molecule has 0 amide bonds. The highest BCUT2D eigenvalue weighted by Crippen LogP contribution is 2.15. The van der Waals surface area contributed by atoms with Gasteiger partial charge in [0, 0.05) is 19.3 Å². The first-order chi connectivity index (χ1) is 32.5. The number of rotatable bonds is 49. The second kappa shape index (κ2) is 54.2. The molecule has 378 valence electrons. The molecule has 0 N–H and O–H groups in total. The zero-order valence-electron chi connectivity index (χ0n) is 43.2. The normalized spacial score (nSPS) is 12.7. The summed E-state index contributed by atoms with van der Waals surface area (Å²) in [5.41, 5.74) is 0. The van der Waals surface area contributed by atoms with E-state index in [9.17, 15) is 14.4 Å². The first-order valence-electron chi connectivity index (χ1n) is 27.7. The minimum Gasteiger partial charge on any atom is -0.462 e. The van der Waals surface area contributed by atoms with Crippen LogP contribution in [0.4, 0.5) is 0 Å². The fourth-order valence-corrected chi connectivity index (χ4v) is 7.65. The van der Waals surface area contributed by atoms with Crippen LogP contribution in [0.25, 0.3) is 0 Å². The van der Waals surface area contributed by atoms with E-state index in [0.717, 1.165) is 83.5 Å². The summed E-state index contributed by atoms with van der Waals surface area (Å²) in [4.78, 5) is 38.1. The van der Waals surface area contributed by atoms with Gasteiger partial charge in [-0.3, -0.25) is 14.4 Å². The van der Waals surface area contributed by atoms with E-state index in [-0.39, 0.29) is 31.1 Å². The van der Waals surface area contributed by atoms with Crippen LogP contribution >= 0.6 is 0 Å². The summed E-state index contributed by atoms with van der Waals surface area (Å²) in [5.74, 6) is -0.941. The topological polar surface area (TPSA) is 78.9 Å². The zero-order chi connectivity index (χ0) is 47.9. The largest absolute Gasteiger partial charge is 0.462 e. The molecule has 0 rings (SSSR count). The molecule has 66 heavy (non-hydrogen) atoms. The van der Waals surface area contributed by atoms with Crippen molar-refractivity contribution in [3.63, 3.8) is 0 Å². The fraction of sp³-hybridized carbons (Fsp3) is 0.717. The van der Waals surface area contributed by atoms with Crippen molar-refractivity contribution in [1.82, 2.24) is 0 Å². The number of hydrogen-bond acceptors (Lipinski definition) is 6. The van der Waals surface area contributed by atoms with Crippen LogP contribution in [-0.2, 0) is 28.6 Å². The highest BCUT2D eigenvalue weighted by Gasteiger charge is 2.19. The Kier molecular flexibility index (Phi) is 51.4. The van der Waals surface area contributed by atoms with Gasteiger partial charge in [-0.05, 0) is 64.2 Å². The van der Waals surface area contributed by atoms with E-state index in [1.54, 1.807) is 0 Å². The van der Waals surface area contributed by atoms with Gasteiger partial charge in [0.1, 0.15) is 13.2 Å². The van der Waals surface area contributed by atoms with Crippen LogP contribution in [-0.4, -0.2) is 37.2 Å². The number of hydrogen-bond donors (Lipinski definition) is 0. The average Bonchev–Trinajstić information content (AvgIpc) is 3.31. The molecule has 0 aliphatic heterocycles. The molecule has 0 aromatic heterocycles. The highest BCUT2D eigenvalue weighted by molar-refractivity contribution is 5.71. The third kappa shape index (κ3) is 51.6. The van der Waals surface area contributed by atoms with Crippen LogP contribution in [0.5, 0.6) is 0 Å². The van der Waals surface area contributed by atoms with Crippen molar-refractivity contribution in [1.29, 1.82) is 0 Å². The molecule has 0 fully saturated rings. The monoisotopic (exact) mass is 919 g/mol. The summed E-state index contributed by atoms with van der Waals surface area (Å²) in [6.07, 6.45) is 69.9. The van der Waals surface area contributed by atoms with Crippen molar-refractivity contribution in [2.75, 3.05) is 13.2 Å². The van der Waals surface area contributed by atoms with E-state index in [1.807, 2.05) is 60.8 Å². The Balaban J connectivity index is 4.48. The van der Waals surface area contributed by atoms with Gasteiger partial charge in [-0.15, -0.1) is 0 Å². The van der Waals surface area contributed by atoms with Gasteiger partial charge in [-0.1, -0.05) is 260 Å². The molecule has 0 radical (unpaired) electrons. The van der Waals surface area contributed by atoms with Gasteiger partial charge >= 0.3 is 17.9 Å². The Morgan fingerprint density at radius 2 is 0.606 bits per heavy atom. The number of ether oxygens (including phenoxy) is 3. The van der Waals surface area contributed by atoms with Crippen LogP contribution in [0.3, 0.4) is 0 Å². The van der Waals surface area contributed by atoms with Gasteiger partial charge in [0.05, 0.1) is 0 Å². The standard InChI is InChI=1S/C60H102O6/c1-4-7-10-13-16-19-22-25-28-30-33-35-38-41-44-47-50-53-59(62)65-56-57(55-64-58(61)52-49-46-43-40-37-34-31-27-24-21-18-15-12-9-6-3)66-60(63)54-51-48-45-42-39-36-32-29-26-23-20-17-14-11-8-5-2/h7,10,13,16,19,22,25,28-30,32-33,35,38,57H,4-6,8-9,11-12,14-15,17-18,20-21,23-24,26-27,31,34,36-37,39-56H2,1-3H3/b10-7-,16-13-,22-19-,28-25-,32-29-,33-30+,38-35-.